The van der Waals surface area contributed by atoms with E-state index in [0.29, 0.717) is 17.5 Å². The van der Waals surface area contributed by atoms with Crippen molar-refractivity contribution in [2.75, 3.05) is 13.1 Å². The van der Waals surface area contributed by atoms with Gasteiger partial charge in [0.15, 0.2) is 0 Å². The number of carbonyl (C=O) groups is 8. The minimum atomic E-state index is -1.58. The van der Waals surface area contributed by atoms with Gasteiger partial charge >= 0.3 is 5.97 Å². The summed E-state index contributed by atoms with van der Waals surface area (Å²) in [6, 6.07) is 6.87. The van der Waals surface area contributed by atoms with Crippen LogP contribution in [-0.4, -0.2) is 106 Å². The molecule has 1 heterocycles. The number of carbonyl (C=O) groups excluding carboxylic acids is 7. The van der Waals surface area contributed by atoms with Crippen molar-refractivity contribution in [3.8, 4) is 5.75 Å². The molecule has 13 N–H and O–H groups in total. The normalized spacial score (nSPS) is 14.1. The molecule has 0 bridgehead atoms. The van der Waals surface area contributed by atoms with Crippen LogP contribution in [0.15, 0.2) is 54.7 Å². The van der Waals surface area contributed by atoms with E-state index in [9.17, 15) is 43.5 Å². The Morgan fingerprint density at radius 3 is 1.92 bits per heavy atom. The predicted molar refractivity (Wildman–Crippen MR) is 216 cm³/mol. The highest BCUT2D eigenvalue weighted by atomic mass is 16.4. The number of hydrogen-bond acceptors (Lipinski definition) is 10. The lowest BCUT2D eigenvalue weighted by atomic mass is 9.97. The molecule has 1 aromatic heterocycles. The average Bonchev–Trinajstić information content (AvgIpc) is 3.60. The Morgan fingerprint density at radius 1 is 0.712 bits per heavy atom. The first-order chi connectivity index (χ1) is 27.9. The molecule has 0 aliphatic heterocycles. The van der Waals surface area contributed by atoms with Gasteiger partial charge in [0.1, 0.15) is 36.5 Å². The number of rotatable bonds is 23. The quantitative estimate of drug-likeness (QED) is 0.0563. The first-order valence-corrected chi connectivity index (χ1v) is 19.2. The van der Waals surface area contributed by atoms with Gasteiger partial charge in [-0.3, -0.25) is 38.4 Å². The number of aromatic amines is 1. The molecule has 6 atom stereocenters. The van der Waals surface area contributed by atoms with E-state index in [4.69, 9.17) is 16.6 Å². The molecule has 19 nitrogen and oxygen atoms in total. The Morgan fingerprint density at radius 2 is 1.29 bits per heavy atom. The van der Waals surface area contributed by atoms with Crippen molar-refractivity contribution in [2.24, 2.45) is 23.3 Å². The lowest BCUT2D eigenvalue weighted by Crippen LogP contribution is -2.58. The number of amides is 7. The van der Waals surface area contributed by atoms with Crippen molar-refractivity contribution in [2.45, 2.75) is 90.0 Å². The van der Waals surface area contributed by atoms with Crippen molar-refractivity contribution < 1.29 is 48.6 Å². The molecular weight excluding hydrogens is 766 g/mol. The monoisotopic (exact) mass is 821 g/mol. The first kappa shape index (κ1) is 46.9. The molecule has 3 rings (SSSR count). The van der Waals surface area contributed by atoms with Crippen LogP contribution < -0.4 is 43.4 Å². The zero-order valence-electron chi connectivity index (χ0n) is 33.5. The molecule has 7 amide bonds. The molecule has 59 heavy (non-hydrogen) atoms. The third-order valence-corrected chi connectivity index (χ3v) is 9.53. The van der Waals surface area contributed by atoms with Gasteiger partial charge in [0.2, 0.25) is 41.4 Å². The Hall–Kier alpha value is -6.50. The van der Waals surface area contributed by atoms with Crippen molar-refractivity contribution in [3.63, 3.8) is 0 Å². The third-order valence-electron chi connectivity index (χ3n) is 9.53. The number of aromatic hydroxyl groups is 1. The van der Waals surface area contributed by atoms with Crippen LogP contribution >= 0.6 is 0 Å². The van der Waals surface area contributed by atoms with Gasteiger partial charge in [-0.05, 0) is 47.6 Å². The number of aliphatic carboxylic acids is 1. The molecule has 320 valence electrons. The van der Waals surface area contributed by atoms with Gasteiger partial charge in [-0.15, -0.1) is 0 Å². The maximum absolute atomic E-state index is 13.7. The summed E-state index contributed by atoms with van der Waals surface area (Å²) in [7, 11) is 0. The molecule has 0 saturated heterocycles. The fourth-order valence-corrected chi connectivity index (χ4v) is 6.07. The number of phenolic OH excluding ortho intramolecular Hbond substituents is 1. The average molecular weight is 822 g/mol. The van der Waals surface area contributed by atoms with Gasteiger partial charge < -0.3 is 58.6 Å². The van der Waals surface area contributed by atoms with E-state index < -0.39 is 97.0 Å². The number of primary amides is 1. The largest absolute Gasteiger partial charge is 0.508 e. The van der Waals surface area contributed by atoms with Gasteiger partial charge in [0.05, 0.1) is 19.0 Å². The van der Waals surface area contributed by atoms with Crippen LogP contribution in [0.1, 0.15) is 58.1 Å². The summed E-state index contributed by atoms with van der Waals surface area (Å²) in [6.45, 7) is 5.94. The lowest BCUT2D eigenvalue weighted by Gasteiger charge is -2.26. The van der Waals surface area contributed by atoms with Gasteiger partial charge in [0.25, 0.3) is 0 Å². The number of phenols is 1. The second-order valence-corrected chi connectivity index (χ2v) is 14.8. The number of nitrogens with two attached hydrogens (primary N) is 2. The molecule has 0 saturated carbocycles. The summed E-state index contributed by atoms with van der Waals surface area (Å²) < 4.78 is 0. The Bertz CT molecular complexity index is 1970. The zero-order chi connectivity index (χ0) is 43.8. The number of aromatic nitrogens is 1. The van der Waals surface area contributed by atoms with Crippen LogP contribution in [0.25, 0.3) is 10.9 Å². The van der Waals surface area contributed by atoms with E-state index in [1.54, 1.807) is 42.6 Å². The van der Waals surface area contributed by atoms with Crippen molar-refractivity contribution in [1.29, 1.82) is 0 Å². The number of hydrogen-bond donors (Lipinski definition) is 11. The standard InChI is InChI=1S/C40H55N9O10/c1-5-22(4)35(42)40(59)49-28(14-21(2)3)38(57)47-29(15-23-10-12-25(50)13-11-23)36(55)44-19-33(52)46-30(16-24-18-43-27-9-7-6-8-26(24)27)39(58)48-31(17-32(41)51)37(56)45-20-34(53)54/h6-13,18,21-22,28-31,35,43,50H,5,14-17,19-20,42H2,1-4H3,(H2,41,51)(H,44,55)(H,45,56)(H,46,52)(H,47,57)(H,48,58)(H,49,59)(H,53,54). The zero-order valence-corrected chi connectivity index (χ0v) is 33.5. The summed E-state index contributed by atoms with van der Waals surface area (Å²) in [5.74, 6) is -7.32. The van der Waals surface area contributed by atoms with Crippen LogP contribution in [0, 0.1) is 11.8 Å². The smallest absolute Gasteiger partial charge is 0.322 e. The summed E-state index contributed by atoms with van der Waals surface area (Å²) in [5, 5.41) is 34.4. The number of nitrogens with one attached hydrogen (secondary N) is 7. The third kappa shape index (κ3) is 15.1. The first-order valence-electron chi connectivity index (χ1n) is 19.2. The molecular formula is C40H55N9O10. The van der Waals surface area contributed by atoms with Gasteiger partial charge in [-0.2, -0.15) is 0 Å². The fraction of sp³-hybridized carbons (Fsp3) is 0.450. The molecule has 0 spiro atoms. The number of fused-ring (bicyclic) bond motifs is 1. The molecule has 19 heteroatoms. The molecule has 6 unspecified atom stereocenters. The van der Waals surface area contributed by atoms with Gasteiger partial charge in [-0.1, -0.05) is 64.4 Å². The van der Waals surface area contributed by atoms with E-state index in [1.165, 1.54) is 12.1 Å². The summed E-state index contributed by atoms with van der Waals surface area (Å²) in [4.78, 5) is 106. The van der Waals surface area contributed by atoms with E-state index in [2.05, 4.69) is 36.9 Å². The van der Waals surface area contributed by atoms with E-state index in [-0.39, 0.29) is 36.8 Å². The SMILES string of the molecule is CCC(C)C(N)C(=O)NC(CC(C)C)C(=O)NC(Cc1ccc(O)cc1)C(=O)NCC(=O)NC(Cc1c[nH]c2ccccc12)C(=O)NC(CC(N)=O)C(=O)NCC(=O)O. The number of benzene rings is 2. The highest BCUT2D eigenvalue weighted by molar-refractivity contribution is 5.97. The number of carboxylic acid groups (broad SMARTS) is 1. The predicted octanol–water partition coefficient (Wildman–Crippen LogP) is -0.790. The van der Waals surface area contributed by atoms with Crippen molar-refractivity contribution in [1.82, 2.24) is 36.9 Å². The van der Waals surface area contributed by atoms with E-state index >= 15 is 0 Å². The summed E-state index contributed by atoms with van der Waals surface area (Å²) in [5.41, 5.74) is 13.3. The van der Waals surface area contributed by atoms with Crippen molar-refractivity contribution >= 4 is 58.2 Å². The topological polar surface area (TPSA) is 317 Å². The Labute approximate surface area is 341 Å². The number of para-hydroxylation sites is 1. The maximum Gasteiger partial charge on any atom is 0.322 e. The van der Waals surface area contributed by atoms with Crippen LogP contribution in [0.3, 0.4) is 0 Å². The molecule has 0 radical (unpaired) electrons. The Kier molecular flexibility index (Phi) is 17.8. The highest BCUT2D eigenvalue weighted by Gasteiger charge is 2.32. The maximum atomic E-state index is 13.7. The van der Waals surface area contributed by atoms with Crippen LogP contribution in [0.2, 0.25) is 0 Å². The van der Waals surface area contributed by atoms with Crippen LogP contribution in [0.5, 0.6) is 5.75 Å². The Balaban J connectivity index is 1.84. The van der Waals surface area contributed by atoms with Crippen LogP contribution in [-0.2, 0) is 51.2 Å². The molecule has 0 aliphatic carbocycles. The van der Waals surface area contributed by atoms with Gasteiger partial charge in [0, 0.05) is 29.9 Å². The van der Waals surface area contributed by atoms with Crippen LogP contribution in [0.4, 0.5) is 0 Å². The molecule has 2 aromatic carbocycles. The number of H-pyrrole nitrogens is 1. The molecule has 0 fully saturated rings. The summed E-state index contributed by atoms with van der Waals surface area (Å²) in [6.07, 6.45) is 1.60. The fourth-order valence-electron chi connectivity index (χ4n) is 6.07. The summed E-state index contributed by atoms with van der Waals surface area (Å²) >= 11 is 0. The van der Waals surface area contributed by atoms with E-state index in [0.717, 1.165) is 10.9 Å². The van der Waals surface area contributed by atoms with Crippen molar-refractivity contribution in [3.05, 3.63) is 65.9 Å². The van der Waals surface area contributed by atoms with Gasteiger partial charge in [-0.25, -0.2) is 0 Å². The second kappa shape index (κ2) is 22.4. The number of carboxylic acids is 1. The lowest BCUT2D eigenvalue weighted by molar-refractivity contribution is -0.138. The van der Waals surface area contributed by atoms with E-state index in [1.807, 2.05) is 27.7 Å². The minimum Gasteiger partial charge on any atom is -0.508 e. The molecule has 3 aromatic rings. The molecule has 0 aliphatic rings. The highest BCUT2D eigenvalue weighted by Crippen LogP contribution is 2.19. The second-order valence-electron chi connectivity index (χ2n) is 14.8. The minimum absolute atomic E-state index is 0.0270.